The van der Waals surface area contributed by atoms with Gasteiger partial charge in [0.25, 0.3) is 0 Å². The average Bonchev–Trinajstić information content (AvgIpc) is 3.52. The number of anilines is 1. The van der Waals surface area contributed by atoms with E-state index in [-0.39, 0.29) is 0 Å². The van der Waals surface area contributed by atoms with Crippen molar-refractivity contribution in [3.8, 4) is 55.9 Å². The molecule has 1 aliphatic rings. The molecule has 3 heterocycles. The summed E-state index contributed by atoms with van der Waals surface area (Å²) in [6.45, 7) is 1.61. The molecule has 7 aromatic carbocycles. The minimum absolute atomic E-state index is 0.793. The quantitative estimate of drug-likeness (QED) is 0.183. The van der Waals surface area contributed by atoms with E-state index in [4.69, 9.17) is 9.40 Å². The Kier molecular flexibility index (Phi) is 7.28. The fraction of sp³-hybridized carbons (Fsp3) is 0.0408. The summed E-state index contributed by atoms with van der Waals surface area (Å²) in [7, 11) is 0. The minimum atomic E-state index is 0.793. The highest BCUT2D eigenvalue weighted by Crippen LogP contribution is 2.42. The van der Waals surface area contributed by atoms with Crippen molar-refractivity contribution in [2.75, 3.05) is 4.90 Å². The van der Waals surface area contributed by atoms with Gasteiger partial charge in [0, 0.05) is 40.7 Å². The Morgan fingerprint density at radius 1 is 0.404 bits per heavy atom. The highest BCUT2D eigenvalue weighted by atomic mass is 16.3. The molecular formula is C49H34N2O. The summed E-state index contributed by atoms with van der Waals surface area (Å²) >= 11 is 0. The van der Waals surface area contributed by atoms with Crippen LogP contribution in [0.2, 0.25) is 0 Å². The molecule has 0 saturated heterocycles. The summed E-state index contributed by atoms with van der Waals surface area (Å²) in [4.78, 5) is 7.64. The summed E-state index contributed by atoms with van der Waals surface area (Å²) < 4.78 is 6.28. The molecule has 2 aromatic heterocycles. The van der Waals surface area contributed by atoms with Gasteiger partial charge in [-0.1, -0.05) is 133 Å². The molecule has 0 amide bonds. The molecule has 10 rings (SSSR count). The van der Waals surface area contributed by atoms with E-state index in [2.05, 4.69) is 181 Å². The lowest BCUT2D eigenvalue weighted by Gasteiger charge is -2.24. The van der Waals surface area contributed by atoms with Gasteiger partial charge in [0.2, 0.25) is 0 Å². The first kappa shape index (κ1) is 30.1. The molecule has 3 heteroatoms. The third kappa shape index (κ3) is 5.35. The van der Waals surface area contributed by atoms with E-state index in [1.165, 1.54) is 44.6 Å². The van der Waals surface area contributed by atoms with Crippen molar-refractivity contribution in [2.24, 2.45) is 0 Å². The number of nitrogens with zero attached hydrogens (tertiary/aromatic N) is 2. The van der Waals surface area contributed by atoms with Gasteiger partial charge in [-0.2, -0.15) is 0 Å². The highest BCUT2D eigenvalue weighted by Gasteiger charge is 2.22. The number of hydrogen-bond acceptors (Lipinski definition) is 3. The van der Waals surface area contributed by atoms with Crippen molar-refractivity contribution in [1.29, 1.82) is 0 Å². The maximum Gasteiger partial charge on any atom is 0.136 e. The van der Waals surface area contributed by atoms with Gasteiger partial charge in [-0.05, 0) is 93.0 Å². The van der Waals surface area contributed by atoms with Crippen LogP contribution in [0.25, 0.3) is 77.8 Å². The van der Waals surface area contributed by atoms with Crippen molar-refractivity contribution >= 4 is 27.6 Å². The van der Waals surface area contributed by atoms with Gasteiger partial charge < -0.3 is 9.32 Å². The Hall–Kier alpha value is -6.71. The van der Waals surface area contributed by atoms with Crippen LogP contribution in [0.1, 0.15) is 11.1 Å². The molecule has 0 aliphatic carbocycles. The molecule has 0 fully saturated rings. The molecule has 246 valence electrons. The van der Waals surface area contributed by atoms with E-state index in [1.54, 1.807) is 0 Å². The molecule has 0 spiro atoms. The smallest absolute Gasteiger partial charge is 0.136 e. The third-order valence-corrected chi connectivity index (χ3v) is 10.4. The van der Waals surface area contributed by atoms with Gasteiger partial charge in [-0.3, -0.25) is 0 Å². The second kappa shape index (κ2) is 12.6. The van der Waals surface area contributed by atoms with E-state index in [0.29, 0.717) is 0 Å². The maximum absolute atomic E-state index is 6.28. The second-order valence-corrected chi connectivity index (χ2v) is 13.6. The zero-order chi connectivity index (χ0) is 34.4. The van der Waals surface area contributed by atoms with E-state index in [1.807, 2.05) is 6.07 Å². The molecule has 3 nitrogen and oxygen atoms in total. The van der Waals surface area contributed by atoms with Gasteiger partial charge in [0.15, 0.2) is 0 Å². The van der Waals surface area contributed by atoms with Crippen LogP contribution in [-0.2, 0) is 13.1 Å². The maximum atomic E-state index is 6.28. The normalized spacial score (nSPS) is 12.4. The van der Waals surface area contributed by atoms with Crippen LogP contribution in [0.15, 0.2) is 186 Å². The summed E-state index contributed by atoms with van der Waals surface area (Å²) in [5.41, 5.74) is 17.0. The Morgan fingerprint density at radius 3 is 1.79 bits per heavy atom. The predicted molar refractivity (Wildman–Crippen MR) is 215 cm³/mol. The van der Waals surface area contributed by atoms with Gasteiger partial charge >= 0.3 is 0 Å². The van der Waals surface area contributed by atoms with Gasteiger partial charge in [0.05, 0.1) is 11.4 Å². The van der Waals surface area contributed by atoms with Gasteiger partial charge in [-0.25, -0.2) is 4.98 Å². The molecule has 0 saturated carbocycles. The van der Waals surface area contributed by atoms with Crippen molar-refractivity contribution in [1.82, 2.24) is 4.98 Å². The molecule has 0 radical (unpaired) electrons. The summed E-state index contributed by atoms with van der Waals surface area (Å²) in [6, 6.07) is 65.0. The molecule has 0 N–H and O–H groups in total. The average molecular weight is 667 g/mol. The van der Waals surface area contributed by atoms with Gasteiger partial charge in [0.1, 0.15) is 11.2 Å². The summed E-state index contributed by atoms with van der Waals surface area (Å²) in [5.74, 6) is 0. The van der Waals surface area contributed by atoms with Crippen LogP contribution in [0.4, 0.5) is 5.69 Å². The number of rotatable bonds is 5. The molecule has 0 atom stereocenters. The number of benzene rings is 7. The first-order chi connectivity index (χ1) is 25.7. The topological polar surface area (TPSA) is 29.3 Å². The largest absolute Gasteiger partial charge is 0.456 e. The van der Waals surface area contributed by atoms with E-state index >= 15 is 0 Å². The lowest BCUT2D eigenvalue weighted by molar-refractivity contribution is 0.669. The van der Waals surface area contributed by atoms with Crippen LogP contribution < -0.4 is 4.90 Å². The minimum Gasteiger partial charge on any atom is -0.456 e. The van der Waals surface area contributed by atoms with Gasteiger partial charge in [-0.15, -0.1) is 0 Å². The Morgan fingerprint density at radius 2 is 1.04 bits per heavy atom. The van der Waals surface area contributed by atoms with Crippen molar-refractivity contribution in [3.63, 3.8) is 0 Å². The lowest BCUT2D eigenvalue weighted by atomic mass is 9.90. The van der Waals surface area contributed by atoms with Crippen molar-refractivity contribution in [3.05, 3.63) is 193 Å². The standard InChI is InChI=1S/C49H34N2O/c1-4-13-33(14-5-1)45-29-38(30-46(50-45)34-15-6-2-7-16-34)35-25-26-41-39(27-35)32-51(40-17-8-3-9-18-40)31-37-24-23-36(28-44(37)41)42-20-12-22-48-49(42)43-19-10-11-21-47(43)52-48/h1-30H,31-32H2. The first-order valence-corrected chi connectivity index (χ1v) is 17.9. The third-order valence-electron chi connectivity index (χ3n) is 10.4. The molecule has 52 heavy (non-hydrogen) atoms. The predicted octanol–water partition coefficient (Wildman–Crippen LogP) is 12.8. The van der Waals surface area contributed by atoms with Crippen LogP contribution in [-0.4, -0.2) is 4.98 Å². The van der Waals surface area contributed by atoms with Crippen LogP contribution in [0, 0.1) is 0 Å². The Labute approximate surface area is 303 Å². The SMILES string of the molecule is c1ccc(-c2cc(-c3ccc4c(c3)CN(c3ccccc3)Cc3ccc(-c5cccc6oc7ccccc7c56)cc3-4)cc(-c3ccccc3)n2)cc1. The zero-order valence-electron chi connectivity index (χ0n) is 28.5. The summed E-state index contributed by atoms with van der Waals surface area (Å²) in [6.07, 6.45) is 0. The fourth-order valence-corrected chi connectivity index (χ4v) is 7.81. The lowest BCUT2D eigenvalue weighted by Crippen LogP contribution is -2.20. The van der Waals surface area contributed by atoms with E-state index in [0.717, 1.165) is 63.1 Å². The molecule has 9 aromatic rings. The van der Waals surface area contributed by atoms with E-state index < -0.39 is 0 Å². The second-order valence-electron chi connectivity index (χ2n) is 13.6. The number of pyridine rings is 1. The van der Waals surface area contributed by atoms with Crippen LogP contribution in [0.3, 0.4) is 0 Å². The van der Waals surface area contributed by atoms with Crippen LogP contribution >= 0.6 is 0 Å². The van der Waals surface area contributed by atoms with E-state index in [9.17, 15) is 0 Å². The molecule has 0 bridgehead atoms. The molecule has 1 aliphatic heterocycles. The number of aromatic nitrogens is 1. The monoisotopic (exact) mass is 666 g/mol. The van der Waals surface area contributed by atoms with Crippen molar-refractivity contribution in [2.45, 2.75) is 13.1 Å². The van der Waals surface area contributed by atoms with Crippen LogP contribution in [0.5, 0.6) is 0 Å². The summed E-state index contributed by atoms with van der Waals surface area (Å²) in [5, 5.41) is 2.31. The molecular weight excluding hydrogens is 633 g/mol. The molecule has 0 unspecified atom stereocenters. The Balaban J connectivity index is 1.15. The number of furan rings is 1. The number of fused-ring (bicyclic) bond motifs is 6. The van der Waals surface area contributed by atoms with Crippen molar-refractivity contribution < 1.29 is 4.42 Å². The number of para-hydroxylation sites is 2. The zero-order valence-corrected chi connectivity index (χ0v) is 28.5. The Bertz CT molecular complexity index is 2670. The highest BCUT2D eigenvalue weighted by molar-refractivity contribution is 6.12. The number of hydrogen-bond donors (Lipinski definition) is 0. The first-order valence-electron chi connectivity index (χ1n) is 17.9. The fourth-order valence-electron chi connectivity index (χ4n) is 7.81.